The van der Waals surface area contributed by atoms with Crippen molar-refractivity contribution in [2.75, 3.05) is 5.32 Å². The molecule has 2 N–H and O–H groups in total. The Balaban J connectivity index is 1.96. The summed E-state index contributed by atoms with van der Waals surface area (Å²) < 4.78 is 0.847. The number of hydrogen-bond acceptors (Lipinski definition) is 3. The number of hydrogen-bond donors (Lipinski definition) is 2. The zero-order chi connectivity index (χ0) is 15.4. The molecule has 0 aliphatic heterocycles. The molecule has 1 fully saturated rings. The quantitative estimate of drug-likeness (QED) is 0.737. The minimum atomic E-state index is -0.0919. The predicted molar refractivity (Wildman–Crippen MR) is 90.2 cm³/mol. The molecule has 114 valence electrons. The summed E-state index contributed by atoms with van der Waals surface area (Å²) in [6.45, 7) is 1.50. The van der Waals surface area contributed by atoms with Gasteiger partial charge >= 0.3 is 0 Å². The normalized spacial score (nSPS) is 21.7. The molecule has 21 heavy (non-hydrogen) atoms. The van der Waals surface area contributed by atoms with Crippen LogP contribution in [-0.4, -0.2) is 22.8 Å². The van der Waals surface area contributed by atoms with Gasteiger partial charge in [-0.05, 0) is 47.9 Å². The number of carbonyl (C=O) groups excluding carboxylic acids is 2. The Morgan fingerprint density at radius 3 is 2.86 bits per heavy atom. The lowest BCUT2D eigenvalue weighted by Gasteiger charge is -2.28. The molecular weight excluding hydrogens is 405 g/mol. The molecule has 1 aromatic rings. The number of pyridine rings is 1. The summed E-state index contributed by atoms with van der Waals surface area (Å²) in [4.78, 5) is 27.5. The fraction of sp³-hybridized carbons (Fsp3) is 0.500. The Labute approximate surface area is 142 Å². The second-order valence-corrected chi connectivity index (χ2v) is 6.80. The molecule has 1 aromatic heterocycles. The lowest BCUT2D eigenvalue weighted by atomic mass is 9.85. The van der Waals surface area contributed by atoms with Gasteiger partial charge in [-0.25, -0.2) is 4.98 Å². The third-order valence-corrected chi connectivity index (χ3v) is 5.02. The van der Waals surface area contributed by atoms with Crippen LogP contribution in [-0.2, 0) is 9.59 Å². The van der Waals surface area contributed by atoms with Gasteiger partial charge in [0.1, 0.15) is 5.82 Å². The van der Waals surface area contributed by atoms with Gasteiger partial charge in [-0.3, -0.25) is 9.59 Å². The average molecular weight is 422 g/mol. The Bertz CT molecular complexity index is 553. The number of amides is 2. The summed E-state index contributed by atoms with van der Waals surface area (Å²) in [5.41, 5.74) is 0. The molecule has 0 saturated heterocycles. The van der Waals surface area contributed by atoms with Crippen molar-refractivity contribution in [2.45, 2.75) is 38.6 Å². The van der Waals surface area contributed by atoms with Gasteiger partial charge < -0.3 is 10.6 Å². The van der Waals surface area contributed by atoms with Crippen LogP contribution in [0.25, 0.3) is 0 Å². The molecule has 5 nitrogen and oxygen atoms in total. The van der Waals surface area contributed by atoms with Crippen LogP contribution in [0, 0.1) is 9.49 Å². The molecule has 0 spiro atoms. The maximum Gasteiger partial charge on any atom is 0.228 e. The lowest BCUT2D eigenvalue weighted by molar-refractivity contribution is -0.123. The molecule has 1 aliphatic rings. The Morgan fingerprint density at radius 2 is 2.19 bits per heavy atom. The van der Waals surface area contributed by atoms with E-state index in [4.69, 9.17) is 11.6 Å². The van der Waals surface area contributed by atoms with E-state index in [0.29, 0.717) is 17.3 Å². The first-order valence-electron chi connectivity index (χ1n) is 6.84. The summed E-state index contributed by atoms with van der Waals surface area (Å²) >= 11 is 8.01. The highest BCUT2D eigenvalue weighted by Gasteiger charge is 2.27. The first kappa shape index (κ1) is 16.5. The molecule has 1 saturated carbocycles. The predicted octanol–water partition coefficient (Wildman–Crippen LogP) is 2.97. The second kappa shape index (κ2) is 7.40. The second-order valence-electron chi connectivity index (χ2n) is 5.23. The summed E-state index contributed by atoms with van der Waals surface area (Å²) in [6.07, 6.45) is 4.91. The van der Waals surface area contributed by atoms with Crippen molar-refractivity contribution in [3.63, 3.8) is 0 Å². The summed E-state index contributed by atoms with van der Waals surface area (Å²) in [7, 11) is 0. The highest BCUT2D eigenvalue weighted by molar-refractivity contribution is 14.1. The van der Waals surface area contributed by atoms with Crippen LogP contribution in [0.3, 0.4) is 0 Å². The maximum absolute atomic E-state index is 12.3. The van der Waals surface area contributed by atoms with Crippen molar-refractivity contribution in [1.29, 1.82) is 0 Å². The number of halogens is 2. The lowest BCUT2D eigenvalue weighted by Crippen LogP contribution is -2.40. The van der Waals surface area contributed by atoms with E-state index in [-0.39, 0.29) is 23.8 Å². The van der Waals surface area contributed by atoms with E-state index in [9.17, 15) is 9.59 Å². The van der Waals surface area contributed by atoms with E-state index in [1.807, 2.05) is 0 Å². The highest BCUT2D eigenvalue weighted by Crippen LogP contribution is 2.26. The zero-order valence-corrected chi connectivity index (χ0v) is 14.6. The summed E-state index contributed by atoms with van der Waals surface area (Å²) in [6, 6.07) is 1.83. The van der Waals surface area contributed by atoms with E-state index in [2.05, 4.69) is 38.2 Å². The topological polar surface area (TPSA) is 71.1 Å². The SMILES string of the molecule is CC(=O)NC1CCCC(C(=O)Nc2cc(I)c(Cl)cn2)C1. The number of nitrogens with zero attached hydrogens (tertiary/aromatic N) is 1. The molecule has 2 atom stereocenters. The molecule has 0 radical (unpaired) electrons. The fourth-order valence-corrected chi connectivity index (χ4v) is 3.09. The molecule has 0 aromatic carbocycles. The van der Waals surface area contributed by atoms with Gasteiger partial charge in [0, 0.05) is 28.7 Å². The first-order chi connectivity index (χ1) is 9.95. The number of rotatable bonds is 3. The van der Waals surface area contributed by atoms with Crippen molar-refractivity contribution in [3.05, 3.63) is 20.9 Å². The molecular formula is C14H17ClIN3O2. The Kier molecular flexibility index (Phi) is 5.80. The van der Waals surface area contributed by atoms with E-state index in [0.717, 1.165) is 22.8 Å². The first-order valence-corrected chi connectivity index (χ1v) is 8.30. The Hall–Kier alpha value is -0.890. The van der Waals surface area contributed by atoms with Crippen molar-refractivity contribution in [2.24, 2.45) is 5.92 Å². The average Bonchev–Trinajstić information content (AvgIpc) is 2.42. The van der Waals surface area contributed by atoms with Gasteiger partial charge in [0.15, 0.2) is 0 Å². The van der Waals surface area contributed by atoms with Crippen molar-refractivity contribution in [1.82, 2.24) is 10.3 Å². The smallest absolute Gasteiger partial charge is 0.228 e. The molecule has 1 aliphatic carbocycles. The standard InChI is InChI=1S/C14H17ClIN3O2/c1-8(20)18-10-4-2-3-9(5-10)14(21)19-13-6-12(16)11(15)7-17-13/h6-7,9-10H,2-5H2,1H3,(H,18,20)(H,17,19,21). The molecule has 2 amide bonds. The van der Waals surface area contributed by atoms with Crippen molar-refractivity contribution in [3.8, 4) is 0 Å². The number of aromatic nitrogens is 1. The fourth-order valence-electron chi connectivity index (χ4n) is 2.56. The molecule has 0 bridgehead atoms. The summed E-state index contributed by atoms with van der Waals surface area (Å²) in [5, 5.41) is 6.29. The Morgan fingerprint density at radius 1 is 1.43 bits per heavy atom. The van der Waals surface area contributed by atoms with E-state index in [1.165, 1.54) is 13.1 Å². The number of nitrogens with one attached hydrogen (secondary N) is 2. The minimum absolute atomic E-state index is 0.0457. The van der Waals surface area contributed by atoms with Crippen LogP contribution in [0.2, 0.25) is 5.02 Å². The van der Waals surface area contributed by atoms with Gasteiger partial charge in [0.05, 0.1) is 5.02 Å². The zero-order valence-electron chi connectivity index (χ0n) is 11.7. The van der Waals surface area contributed by atoms with Crippen LogP contribution in [0.5, 0.6) is 0 Å². The van der Waals surface area contributed by atoms with Crippen molar-refractivity contribution >= 4 is 51.8 Å². The van der Waals surface area contributed by atoms with Crippen LogP contribution in [0.4, 0.5) is 5.82 Å². The molecule has 7 heteroatoms. The van der Waals surface area contributed by atoms with Crippen LogP contribution >= 0.6 is 34.2 Å². The van der Waals surface area contributed by atoms with Gasteiger partial charge in [-0.15, -0.1) is 0 Å². The van der Waals surface area contributed by atoms with E-state index in [1.54, 1.807) is 6.07 Å². The summed E-state index contributed by atoms with van der Waals surface area (Å²) in [5.74, 6) is 0.326. The number of anilines is 1. The monoisotopic (exact) mass is 421 g/mol. The largest absolute Gasteiger partial charge is 0.354 e. The van der Waals surface area contributed by atoms with Crippen LogP contribution < -0.4 is 10.6 Å². The number of carbonyl (C=O) groups is 2. The van der Waals surface area contributed by atoms with Crippen molar-refractivity contribution < 1.29 is 9.59 Å². The van der Waals surface area contributed by atoms with Crippen LogP contribution in [0.15, 0.2) is 12.3 Å². The van der Waals surface area contributed by atoms with Gasteiger partial charge in [0.2, 0.25) is 11.8 Å². The third kappa shape index (κ3) is 4.81. The van der Waals surface area contributed by atoms with Crippen LogP contribution in [0.1, 0.15) is 32.6 Å². The van der Waals surface area contributed by atoms with E-state index >= 15 is 0 Å². The van der Waals surface area contributed by atoms with Gasteiger partial charge in [0.25, 0.3) is 0 Å². The molecule has 2 rings (SSSR count). The minimum Gasteiger partial charge on any atom is -0.354 e. The molecule has 2 unspecified atom stereocenters. The van der Waals surface area contributed by atoms with Gasteiger partial charge in [-0.2, -0.15) is 0 Å². The highest BCUT2D eigenvalue weighted by atomic mass is 127. The maximum atomic E-state index is 12.3. The van der Waals surface area contributed by atoms with E-state index < -0.39 is 0 Å². The third-order valence-electron chi connectivity index (χ3n) is 3.51. The molecule has 1 heterocycles. The van der Waals surface area contributed by atoms with Gasteiger partial charge in [-0.1, -0.05) is 18.0 Å².